The molecule has 0 N–H and O–H groups in total. The van der Waals surface area contributed by atoms with Gasteiger partial charge in [-0.15, -0.1) is 0 Å². The fraction of sp³-hybridized carbons (Fsp3) is 0.941. The van der Waals surface area contributed by atoms with Gasteiger partial charge in [0.25, 0.3) is 0 Å². The average molecular weight is 808 g/mol. The van der Waals surface area contributed by atoms with Crippen LogP contribution in [-0.2, 0) is 28.6 Å². The SMILES string of the molecule is [2H]CCCCCCCCCCCCCCCC(=O)OCC(COC(=O)CCCCCCCCCCCCCCC)OC(=O)CCCCCCCCCCCCCCC. The molecule has 0 aromatic carbocycles. The van der Waals surface area contributed by atoms with Crippen LogP contribution in [0.2, 0.25) is 0 Å². The summed E-state index contributed by atoms with van der Waals surface area (Å²) < 4.78 is 24.0. The van der Waals surface area contributed by atoms with Gasteiger partial charge in [-0.1, -0.05) is 252 Å². The van der Waals surface area contributed by atoms with E-state index in [1.54, 1.807) is 0 Å². The first-order valence-electron chi connectivity index (χ1n) is 26.0. The number of unbranched alkanes of at least 4 members (excludes halogenated alkanes) is 36. The highest BCUT2D eigenvalue weighted by atomic mass is 16.6. The van der Waals surface area contributed by atoms with Crippen molar-refractivity contribution in [3.05, 3.63) is 0 Å². The van der Waals surface area contributed by atoms with Gasteiger partial charge in [0.15, 0.2) is 6.10 Å². The predicted molar refractivity (Wildman–Crippen MR) is 243 cm³/mol. The zero-order valence-electron chi connectivity index (χ0n) is 39.3. The van der Waals surface area contributed by atoms with Crippen LogP contribution in [0, 0.1) is 0 Å². The third-order valence-electron chi connectivity index (χ3n) is 11.5. The lowest BCUT2D eigenvalue weighted by molar-refractivity contribution is -0.167. The Bertz CT molecular complexity index is 866. The van der Waals surface area contributed by atoms with Crippen LogP contribution < -0.4 is 0 Å². The number of carbonyl (C=O) groups is 3. The van der Waals surface area contributed by atoms with Crippen molar-refractivity contribution >= 4 is 17.9 Å². The Kier molecular flexibility index (Phi) is 44.1. The zero-order chi connectivity index (χ0) is 42.3. The molecular formula is C51H98O6. The van der Waals surface area contributed by atoms with Crippen LogP contribution >= 0.6 is 0 Å². The Labute approximate surface area is 356 Å². The van der Waals surface area contributed by atoms with Crippen molar-refractivity contribution < 1.29 is 30.0 Å². The highest BCUT2D eigenvalue weighted by Crippen LogP contribution is 2.16. The van der Waals surface area contributed by atoms with Crippen LogP contribution in [0.5, 0.6) is 0 Å². The van der Waals surface area contributed by atoms with E-state index >= 15 is 0 Å². The molecule has 0 aromatic rings. The Morgan fingerprint density at radius 2 is 0.561 bits per heavy atom. The molecule has 0 saturated heterocycles. The Morgan fingerprint density at radius 3 is 0.825 bits per heavy atom. The van der Waals surface area contributed by atoms with Crippen molar-refractivity contribution in [3.63, 3.8) is 0 Å². The first-order chi connectivity index (χ1) is 28.5. The molecule has 0 saturated carbocycles. The molecule has 0 heterocycles. The summed E-state index contributed by atoms with van der Waals surface area (Å²) in [7, 11) is 0. The molecule has 0 aliphatic rings. The largest absolute Gasteiger partial charge is 0.462 e. The third kappa shape index (κ3) is 45.3. The van der Waals surface area contributed by atoms with Crippen molar-refractivity contribution in [1.29, 1.82) is 0 Å². The predicted octanol–water partition coefficient (Wildman–Crippen LogP) is 16.4. The van der Waals surface area contributed by atoms with Crippen molar-refractivity contribution in [2.75, 3.05) is 13.2 Å². The molecule has 0 fully saturated rings. The van der Waals surface area contributed by atoms with E-state index in [4.69, 9.17) is 15.6 Å². The number of hydrogen-bond donors (Lipinski definition) is 0. The van der Waals surface area contributed by atoms with E-state index in [1.165, 1.54) is 186 Å². The van der Waals surface area contributed by atoms with E-state index in [2.05, 4.69) is 13.8 Å². The molecule has 0 rings (SSSR count). The van der Waals surface area contributed by atoms with Crippen LogP contribution in [0.3, 0.4) is 0 Å². The van der Waals surface area contributed by atoms with Gasteiger partial charge in [0.05, 0.1) is 0 Å². The lowest BCUT2D eigenvalue weighted by Gasteiger charge is -2.18. The van der Waals surface area contributed by atoms with Crippen molar-refractivity contribution in [2.24, 2.45) is 0 Å². The minimum absolute atomic E-state index is 0.0685. The fourth-order valence-corrected chi connectivity index (χ4v) is 7.67. The minimum atomic E-state index is -0.766. The summed E-state index contributed by atoms with van der Waals surface area (Å²) in [5.41, 5.74) is 0. The van der Waals surface area contributed by atoms with E-state index in [9.17, 15) is 14.4 Å². The topological polar surface area (TPSA) is 78.9 Å². The van der Waals surface area contributed by atoms with Crippen molar-refractivity contribution in [2.45, 2.75) is 297 Å². The summed E-state index contributed by atoms with van der Waals surface area (Å²) in [5.74, 6) is -0.862. The molecular weight excluding hydrogens is 709 g/mol. The summed E-state index contributed by atoms with van der Waals surface area (Å²) in [6.07, 6.45) is 48.3. The Balaban J connectivity index is 4.31. The van der Waals surface area contributed by atoms with E-state index < -0.39 is 6.10 Å². The second-order valence-corrected chi connectivity index (χ2v) is 17.3. The van der Waals surface area contributed by atoms with Crippen LogP contribution in [-0.4, -0.2) is 37.2 Å². The number of carbonyl (C=O) groups excluding carboxylic acids is 3. The van der Waals surface area contributed by atoms with Gasteiger partial charge in [-0.3, -0.25) is 14.4 Å². The van der Waals surface area contributed by atoms with E-state index in [0.29, 0.717) is 26.2 Å². The van der Waals surface area contributed by atoms with Gasteiger partial charge in [-0.05, 0) is 19.3 Å². The van der Waals surface area contributed by atoms with Gasteiger partial charge >= 0.3 is 17.9 Å². The van der Waals surface area contributed by atoms with Crippen molar-refractivity contribution in [1.82, 2.24) is 0 Å². The summed E-state index contributed by atoms with van der Waals surface area (Å²) in [6, 6.07) is 0. The molecule has 0 bridgehead atoms. The molecule has 0 aromatic heterocycles. The smallest absolute Gasteiger partial charge is 0.306 e. The number of hydrogen-bond acceptors (Lipinski definition) is 6. The van der Waals surface area contributed by atoms with Gasteiger partial charge in [0.1, 0.15) is 13.2 Å². The lowest BCUT2D eigenvalue weighted by atomic mass is 10.0. The Morgan fingerprint density at radius 1 is 0.333 bits per heavy atom. The highest BCUT2D eigenvalue weighted by Gasteiger charge is 2.19. The normalized spacial score (nSPS) is 12.1. The maximum atomic E-state index is 12.8. The van der Waals surface area contributed by atoms with Crippen LogP contribution in [0.1, 0.15) is 292 Å². The Hall–Kier alpha value is -1.59. The van der Waals surface area contributed by atoms with Crippen LogP contribution in [0.25, 0.3) is 0 Å². The molecule has 0 aliphatic heterocycles. The van der Waals surface area contributed by atoms with Gasteiger partial charge in [-0.2, -0.15) is 0 Å². The quantitative estimate of drug-likeness (QED) is 0.0346. The monoisotopic (exact) mass is 808 g/mol. The number of ether oxygens (including phenoxy) is 3. The van der Waals surface area contributed by atoms with Gasteiger partial charge in [0.2, 0.25) is 0 Å². The summed E-state index contributed by atoms with van der Waals surface area (Å²) >= 11 is 0. The van der Waals surface area contributed by atoms with Gasteiger partial charge < -0.3 is 14.2 Å². The lowest BCUT2D eigenvalue weighted by Crippen LogP contribution is -2.30. The first-order valence-corrected chi connectivity index (χ1v) is 25.3. The highest BCUT2D eigenvalue weighted by molar-refractivity contribution is 5.71. The second kappa shape index (κ2) is 47.1. The molecule has 0 radical (unpaired) electrons. The van der Waals surface area contributed by atoms with Crippen LogP contribution in [0.15, 0.2) is 0 Å². The molecule has 0 aliphatic carbocycles. The fourth-order valence-electron chi connectivity index (χ4n) is 7.67. The molecule has 1 unspecified atom stereocenters. The third-order valence-corrected chi connectivity index (χ3v) is 11.5. The maximum absolute atomic E-state index is 12.8. The van der Waals surface area contributed by atoms with Crippen LogP contribution in [0.4, 0.5) is 0 Å². The number of rotatable bonds is 47. The zero-order valence-corrected chi connectivity index (χ0v) is 38.3. The van der Waals surface area contributed by atoms with Crippen molar-refractivity contribution in [3.8, 4) is 0 Å². The molecule has 0 amide bonds. The van der Waals surface area contributed by atoms with E-state index in [-0.39, 0.29) is 31.1 Å². The summed E-state index contributed by atoms with van der Waals surface area (Å²) in [6.45, 7) is 4.96. The average Bonchev–Trinajstić information content (AvgIpc) is 3.22. The van der Waals surface area contributed by atoms with Gasteiger partial charge in [-0.25, -0.2) is 0 Å². The minimum Gasteiger partial charge on any atom is -0.462 e. The van der Waals surface area contributed by atoms with Gasteiger partial charge in [0, 0.05) is 20.6 Å². The summed E-state index contributed by atoms with van der Waals surface area (Å²) in [4.78, 5) is 37.9. The number of esters is 3. The second-order valence-electron chi connectivity index (χ2n) is 17.3. The summed E-state index contributed by atoms with van der Waals surface area (Å²) in [5, 5.41) is 0. The van der Waals surface area contributed by atoms with E-state index in [0.717, 1.165) is 64.2 Å². The standard InChI is InChI=1S/C51H98O6/c1-4-7-10-13-16-19-22-25-28-31-34-37-40-43-49(52)55-46-48(57-51(54)45-42-39-36-33-30-27-24-21-18-15-12-9-6-3)47-56-50(53)44-41-38-35-32-29-26-23-20-17-14-11-8-5-2/h48H,4-47H2,1-3H3/i1D. The maximum Gasteiger partial charge on any atom is 0.306 e. The molecule has 1 atom stereocenters. The van der Waals surface area contributed by atoms with E-state index in [1.807, 2.05) is 0 Å². The molecule has 6 heteroatoms. The molecule has 338 valence electrons. The molecule has 0 spiro atoms. The molecule has 57 heavy (non-hydrogen) atoms. The molecule has 6 nitrogen and oxygen atoms in total. The first kappa shape index (κ1) is 53.4.